The molecule has 1 aromatic carbocycles. The predicted molar refractivity (Wildman–Crippen MR) is 82.1 cm³/mol. The maximum Gasteiger partial charge on any atom is 0.258 e. The van der Waals surface area contributed by atoms with Gasteiger partial charge in [0.1, 0.15) is 5.75 Å². The summed E-state index contributed by atoms with van der Waals surface area (Å²) in [5, 5.41) is 2.79. The minimum atomic E-state index is -0.146. The Hall–Kier alpha value is -2.36. The van der Waals surface area contributed by atoms with Crippen molar-refractivity contribution >= 4 is 5.91 Å². The third kappa shape index (κ3) is 4.91. The molecule has 2 rings (SSSR count). The average molecular weight is 284 g/mol. The highest BCUT2D eigenvalue weighted by atomic mass is 16.5. The quantitative estimate of drug-likeness (QED) is 0.887. The largest absolute Gasteiger partial charge is 0.484 e. The van der Waals surface area contributed by atoms with Crippen molar-refractivity contribution in [1.82, 2.24) is 10.3 Å². The van der Waals surface area contributed by atoms with Gasteiger partial charge in [-0.05, 0) is 35.2 Å². The molecule has 1 N–H and O–H groups in total. The second-order valence-electron chi connectivity index (χ2n) is 5.15. The third-order valence-electron chi connectivity index (χ3n) is 3.13. The van der Waals surface area contributed by atoms with Gasteiger partial charge in [0.05, 0.1) is 0 Å². The molecule has 0 radical (unpaired) electrons. The Morgan fingerprint density at radius 1 is 1.24 bits per heavy atom. The first-order chi connectivity index (χ1) is 10.1. The zero-order valence-electron chi connectivity index (χ0n) is 12.4. The Balaban J connectivity index is 1.76. The molecule has 1 aromatic heterocycles. The number of hydrogen-bond donors (Lipinski definition) is 1. The lowest BCUT2D eigenvalue weighted by molar-refractivity contribution is -0.123. The molecule has 0 saturated heterocycles. The van der Waals surface area contributed by atoms with E-state index < -0.39 is 0 Å². The van der Waals surface area contributed by atoms with E-state index >= 15 is 0 Å². The molecular weight excluding hydrogens is 264 g/mol. The van der Waals surface area contributed by atoms with Gasteiger partial charge in [-0.25, -0.2) is 0 Å². The highest BCUT2D eigenvalue weighted by Crippen LogP contribution is 2.18. The van der Waals surface area contributed by atoms with Crippen LogP contribution in [0, 0.1) is 0 Å². The van der Waals surface area contributed by atoms with Crippen molar-refractivity contribution in [2.75, 3.05) is 6.61 Å². The number of nitrogens with zero attached hydrogens (tertiary/aromatic N) is 1. The number of carbonyl (C=O) groups is 1. The fourth-order valence-corrected chi connectivity index (χ4v) is 1.85. The number of benzene rings is 1. The maximum atomic E-state index is 11.7. The van der Waals surface area contributed by atoms with Crippen LogP contribution < -0.4 is 10.1 Å². The van der Waals surface area contributed by atoms with E-state index in [4.69, 9.17) is 4.74 Å². The molecule has 1 amide bonds. The lowest BCUT2D eigenvalue weighted by atomic mass is 10.0. The maximum absolute atomic E-state index is 11.7. The van der Waals surface area contributed by atoms with Gasteiger partial charge < -0.3 is 10.1 Å². The van der Waals surface area contributed by atoms with E-state index in [9.17, 15) is 4.79 Å². The molecule has 0 bridgehead atoms. The first-order valence-electron chi connectivity index (χ1n) is 7.03. The molecule has 0 fully saturated rings. The average Bonchev–Trinajstić information content (AvgIpc) is 2.52. The number of ether oxygens (including phenoxy) is 1. The molecule has 0 atom stereocenters. The smallest absolute Gasteiger partial charge is 0.258 e. The van der Waals surface area contributed by atoms with E-state index in [1.807, 2.05) is 36.4 Å². The molecule has 1 heterocycles. The normalized spacial score (nSPS) is 10.4. The molecule has 0 saturated carbocycles. The molecular formula is C17H20N2O2. The zero-order valence-corrected chi connectivity index (χ0v) is 12.4. The Bertz CT molecular complexity index is 565. The van der Waals surface area contributed by atoms with Crippen LogP contribution in [0.15, 0.2) is 48.8 Å². The predicted octanol–water partition coefficient (Wildman–Crippen LogP) is 2.90. The summed E-state index contributed by atoms with van der Waals surface area (Å²) in [6, 6.07) is 11.6. The summed E-state index contributed by atoms with van der Waals surface area (Å²) in [6.45, 7) is 4.76. The van der Waals surface area contributed by atoms with Gasteiger partial charge in [-0.3, -0.25) is 9.78 Å². The lowest BCUT2D eigenvalue weighted by Gasteiger charge is -2.09. The van der Waals surface area contributed by atoms with Gasteiger partial charge >= 0.3 is 0 Å². The van der Waals surface area contributed by atoms with Gasteiger partial charge in [0.2, 0.25) is 0 Å². The van der Waals surface area contributed by atoms with E-state index in [0.29, 0.717) is 18.2 Å². The van der Waals surface area contributed by atoms with Gasteiger partial charge in [0, 0.05) is 18.9 Å². The van der Waals surface area contributed by atoms with E-state index in [1.165, 1.54) is 5.56 Å². The lowest BCUT2D eigenvalue weighted by Crippen LogP contribution is -2.28. The Kier molecular flexibility index (Phi) is 5.32. The molecule has 21 heavy (non-hydrogen) atoms. The number of pyridine rings is 1. The molecule has 0 aliphatic carbocycles. The summed E-state index contributed by atoms with van der Waals surface area (Å²) in [7, 11) is 0. The molecule has 0 unspecified atom stereocenters. The second-order valence-corrected chi connectivity index (χ2v) is 5.15. The summed E-state index contributed by atoms with van der Waals surface area (Å²) in [6.07, 6.45) is 3.43. The van der Waals surface area contributed by atoms with Crippen LogP contribution in [-0.4, -0.2) is 17.5 Å². The van der Waals surface area contributed by atoms with Gasteiger partial charge in [0.25, 0.3) is 5.91 Å². The number of hydrogen-bond acceptors (Lipinski definition) is 3. The third-order valence-corrected chi connectivity index (χ3v) is 3.13. The Morgan fingerprint density at radius 2 is 2.00 bits per heavy atom. The van der Waals surface area contributed by atoms with Crippen LogP contribution in [0.25, 0.3) is 0 Å². The van der Waals surface area contributed by atoms with E-state index in [0.717, 1.165) is 5.56 Å². The molecule has 4 heteroatoms. The van der Waals surface area contributed by atoms with Crippen molar-refractivity contribution < 1.29 is 9.53 Å². The standard InChI is InChI=1S/C17H20N2O2/c1-13(2)15-5-7-16(8-6-15)21-12-17(20)19-11-14-4-3-9-18-10-14/h3-10,13H,11-12H2,1-2H3,(H,19,20). The van der Waals surface area contributed by atoms with Crippen LogP contribution in [-0.2, 0) is 11.3 Å². The van der Waals surface area contributed by atoms with Crippen molar-refractivity contribution in [1.29, 1.82) is 0 Å². The molecule has 2 aromatic rings. The van der Waals surface area contributed by atoms with Gasteiger partial charge in [-0.2, -0.15) is 0 Å². The van der Waals surface area contributed by atoms with Crippen LogP contribution in [0.4, 0.5) is 0 Å². The van der Waals surface area contributed by atoms with Crippen LogP contribution >= 0.6 is 0 Å². The highest BCUT2D eigenvalue weighted by molar-refractivity contribution is 5.77. The molecule has 110 valence electrons. The van der Waals surface area contributed by atoms with E-state index in [2.05, 4.69) is 24.1 Å². The van der Waals surface area contributed by atoms with Gasteiger partial charge in [0.15, 0.2) is 6.61 Å². The zero-order chi connectivity index (χ0) is 15.1. The monoisotopic (exact) mass is 284 g/mol. The number of carbonyl (C=O) groups excluding carboxylic acids is 1. The van der Waals surface area contributed by atoms with Crippen molar-refractivity contribution in [3.05, 3.63) is 59.9 Å². The van der Waals surface area contributed by atoms with E-state index in [-0.39, 0.29) is 12.5 Å². The minimum absolute atomic E-state index is 0.0152. The van der Waals surface area contributed by atoms with Crippen molar-refractivity contribution in [3.63, 3.8) is 0 Å². The molecule has 4 nitrogen and oxygen atoms in total. The summed E-state index contributed by atoms with van der Waals surface area (Å²) < 4.78 is 5.46. The van der Waals surface area contributed by atoms with E-state index in [1.54, 1.807) is 12.4 Å². The first kappa shape index (κ1) is 15.0. The van der Waals surface area contributed by atoms with Crippen molar-refractivity contribution in [2.45, 2.75) is 26.3 Å². The van der Waals surface area contributed by atoms with Crippen molar-refractivity contribution in [3.8, 4) is 5.75 Å². The van der Waals surface area contributed by atoms with Crippen LogP contribution in [0.3, 0.4) is 0 Å². The van der Waals surface area contributed by atoms with Gasteiger partial charge in [-0.1, -0.05) is 32.0 Å². The fraction of sp³-hybridized carbons (Fsp3) is 0.294. The van der Waals surface area contributed by atoms with Crippen molar-refractivity contribution in [2.24, 2.45) is 0 Å². The molecule has 0 aliphatic heterocycles. The SMILES string of the molecule is CC(C)c1ccc(OCC(=O)NCc2cccnc2)cc1. The van der Waals surface area contributed by atoms with Crippen LogP contribution in [0.5, 0.6) is 5.75 Å². The Labute approximate surface area is 125 Å². The number of nitrogens with one attached hydrogen (secondary N) is 1. The number of aromatic nitrogens is 1. The first-order valence-corrected chi connectivity index (χ1v) is 7.03. The summed E-state index contributed by atoms with van der Waals surface area (Å²) in [4.78, 5) is 15.7. The summed E-state index contributed by atoms with van der Waals surface area (Å²) >= 11 is 0. The van der Waals surface area contributed by atoms with Crippen LogP contribution in [0.1, 0.15) is 30.9 Å². The van der Waals surface area contributed by atoms with Gasteiger partial charge in [-0.15, -0.1) is 0 Å². The fourth-order valence-electron chi connectivity index (χ4n) is 1.85. The molecule has 0 spiro atoms. The second kappa shape index (κ2) is 7.43. The Morgan fingerprint density at radius 3 is 2.62 bits per heavy atom. The highest BCUT2D eigenvalue weighted by Gasteiger charge is 2.04. The number of rotatable bonds is 6. The summed E-state index contributed by atoms with van der Waals surface area (Å²) in [5.74, 6) is 1.05. The summed E-state index contributed by atoms with van der Waals surface area (Å²) in [5.41, 5.74) is 2.22. The minimum Gasteiger partial charge on any atom is -0.484 e. The topological polar surface area (TPSA) is 51.2 Å². The molecule has 0 aliphatic rings. The number of amides is 1. The van der Waals surface area contributed by atoms with Crippen LogP contribution in [0.2, 0.25) is 0 Å².